The van der Waals surface area contributed by atoms with E-state index in [9.17, 15) is 14.7 Å². The Morgan fingerprint density at radius 1 is 1.37 bits per heavy atom. The van der Waals surface area contributed by atoms with Crippen molar-refractivity contribution in [2.45, 2.75) is 58.0 Å². The van der Waals surface area contributed by atoms with Gasteiger partial charge in [0.25, 0.3) is 0 Å². The molecule has 1 saturated heterocycles. The van der Waals surface area contributed by atoms with Crippen molar-refractivity contribution in [3.05, 3.63) is 46.1 Å². The van der Waals surface area contributed by atoms with E-state index in [0.29, 0.717) is 5.02 Å². The van der Waals surface area contributed by atoms with E-state index in [4.69, 9.17) is 21.4 Å². The molecule has 2 heterocycles. The van der Waals surface area contributed by atoms with E-state index < -0.39 is 17.5 Å². The summed E-state index contributed by atoms with van der Waals surface area (Å²) in [5.74, 6) is -1.12. The van der Waals surface area contributed by atoms with Crippen LogP contribution in [0.4, 0.5) is 0 Å². The minimum absolute atomic E-state index is 0.0956. The molecule has 2 aliphatic heterocycles. The fraction of sp³-hybridized carbons (Fsp3) is 0.565. The fourth-order valence-electron chi connectivity index (χ4n) is 4.15. The van der Waals surface area contributed by atoms with Crippen LogP contribution in [0.2, 0.25) is 5.02 Å². The molecule has 0 saturated carbocycles. The SMILES string of the molecule is CC(C)(C)CCc1ccc([C@]23COC(CO)C2=CN(CCC(=O)O)C(=O)C3)cc1Cl. The van der Waals surface area contributed by atoms with Crippen LogP contribution in [0, 0.1) is 5.41 Å². The second kappa shape index (κ2) is 8.69. The van der Waals surface area contributed by atoms with Gasteiger partial charge in [-0.25, -0.2) is 0 Å². The lowest BCUT2D eigenvalue weighted by Crippen LogP contribution is -2.44. The van der Waals surface area contributed by atoms with Crippen molar-refractivity contribution >= 4 is 23.5 Å². The number of aliphatic carboxylic acids is 1. The number of aliphatic hydroxyl groups excluding tert-OH is 1. The Kier molecular flexibility index (Phi) is 6.60. The number of carboxylic acids is 1. The Morgan fingerprint density at radius 2 is 2.10 bits per heavy atom. The number of hydrogen-bond donors (Lipinski definition) is 2. The predicted molar refractivity (Wildman–Crippen MR) is 114 cm³/mol. The Bertz CT molecular complexity index is 860. The molecule has 0 bridgehead atoms. The molecule has 3 rings (SSSR count). The van der Waals surface area contributed by atoms with Gasteiger partial charge in [-0.2, -0.15) is 0 Å². The van der Waals surface area contributed by atoms with Gasteiger partial charge < -0.3 is 19.8 Å². The maximum atomic E-state index is 12.8. The zero-order valence-electron chi connectivity index (χ0n) is 17.8. The summed E-state index contributed by atoms with van der Waals surface area (Å²) in [6.45, 7) is 6.75. The number of benzene rings is 1. The van der Waals surface area contributed by atoms with Gasteiger partial charge in [0.2, 0.25) is 5.91 Å². The first-order valence-electron chi connectivity index (χ1n) is 10.3. The molecule has 164 valence electrons. The minimum Gasteiger partial charge on any atom is -0.481 e. The zero-order chi connectivity index (χ0) is 22.1. The van der Waals surface area contributed by atoms with E-state index >= 15 is 0 Å². The normalized spacial score (nSPS) is 24.0. The smallest absolute Gasteiger partial charge is 0.305 e. The Labute approximate surface area is 182 Å². The maximum Gasteiger partial charge on any atom is 0.305 e. The van der Waals surface area contributed by atoms with Gasteiger partial charge in [-0.3, -0.25) is 9.59 Å². The summed E-state index contributed by atoms with van der Waals surface area (Å²) < 4.78 is 5.83. The van der Waals surface area contributed by atoms with Crippen LogP contribution in [-0.4, -0.2) is 52.9 Å². The molecule has 0 spiro atoms. The van der Waals surface area contributed by atoms with Crippen LogP contribution in [0.5, 0.6) is 0 Å². The van der Waals surface area contributed by atoms with Gasteiger partial charge in [-0.05, 0) is 41.0 Å². The van der Waals surface area contributed by atoms with Crippen LogP contribution in [-0.2, 0) is 26.2 Å². The van der Waals surface area contributed by atoms with Gasteiger partial charge in [0, 0.05) is 24.2 Å². The first-order chi connectivity index (χ1) is 14.1. The molecule has 0 radical (unpaired) electrons. The van der Waals surface area contributed by atoms with Crippen LogP contribution in [0.25, 0.3) is 0 Å². The van der Waals surface area contributed by atoms with Crippen LogP contribution in [0.15, 0.2) is 30.0 Å². The van der Waals surface area contributed by atoms with Crippen molar-refractivity contribution in [3.63, 3.8) is 0 Å². The topological polar surface area (TPSA) is 87.1 Å². The molecule has 0 aromatic heterocycles. The number of rotatable bonds is 7. The van der Waals surface area contributed by atoms with Crippen LogP contribution in [0.3, 0.4) is 0 Å². The predicted octanol–water partition coefficient (Wildman–Crippen LogP) is 3.54. The number of ether oxygens (including phenoxy) is 1. The molecular weight excluding hydrogens is 406 g/mol. The third-order valence-corrected chi connectivity index (χ3v) is 6.33. The molecule has 2 N–H and O–H groups in total. The van der Waals surface area contributed by atoms with Gasteiger partial charge in [-0.1, -0.05) is 44.5 Å². The van der Waals surface area contributed by atoms with Crippen molar-refractivity contribution in [1.29, 1.82) is 0 Å². The lowest BCUT2D eigenvalue weighted by Gasteiger charge is -2.37. The lowest BCUT2D eigenvalue weighted by atomic mass is 9.70. The first-order valence-corrected chi connectivity index (χ1v) is 10.7. The first kappa shape index (κ1) is 22.8. The summed E-state index contributed by atoms with van der Waals surface area (Å²) in [7, 11) is 0. The van der Waals surface area contributed by atoms with E-state index in [-0.39, 0.29) is 43.9 Å². The van der Waals surface area contributed by atoms with E-state index in [0.717, 1.165) is 29.5 Å². The van der Waals surface area contributed by atoms with Crippen molar-refractivity contribution in [2.24, 2.45) is 5.41 Å². The Hall–Kier alpha value is -1.89. The number of carbonyl (C=O) groups excluding carboxylic acids is 1. The van der Waals surface area contributed by atoms with Gasteiger partial charge in [0.15, 0.2) is 0 Å². The van der Waals surface area contributed by atoms with Gasteiger partial charge in [-0.15, -0.1) is 0 Å². The third-order valence-electron chi connectivity index (χ3n) is 5.98. The number of carboxylic acid groups (broad SMARTS) is 1. The molecule has 0 aliphatic carbocycles. The second-order valence-corrected chi connectivity index (χ2v) is 9.83. The second-order valence-electron chi connectivity index (χ2n) is 9.42. The summed E-state index contributed by atoms with van der Waals surface area (Å²) in [5.41, 5.74) is 2.28. The molecule has 1 aromatic rings. The van der Waals surface area contributed by atoms with Crippen LogP contribution < -0.4 is 0 Å². The van der Waals surface area contributed by atoms with Crippen molar-refractivity contribution in [1.82, 2.24) is 4.90 Å². The zero-order valence-corrected chi connectivity index (χ0v) is 18.5. The van der Waals surface area contributed by atoms with E-state index in [1.165, 1.54) is 4.90 Å². The van der Waals surface area contributed by atoms with Gasteiger partial charge >= 0.3 is 5.97 Å². The molecule has 1 fully saturated rings. The highest BCUT2D eigenvalue weighted by Gasteiger charge is 2.51. The molecule has 6 nitrogen and oxygen atoms in total. The summed E-state index contributed by atoms with van der Waals surface area (Å²) in [5, 5.41) is 19.4. The number of aliphatic hydroxyl groups is 1. The number of fused-ring (bicyclic) bond motifs is 1. The largest absolute Gasteiger partial charge is 0.481 e. The summed E-state index contributed by atoms with van der Waals surface area (Å²) in [6, 6.07) is 5.93. The summed E-state index contributed by atoms with van der Waals surface area (Å²) in [6.07, 6.45) is 3.05. The number of carbonyl (C=O) groups is 2. The number of aryl methyl sites for hydroxylation is 1. The average Bonchev–Trinajstić information content (AvgIpc) is 3.02. The molecule has 1 unspecified atom stereocenters. The summed E-state index contributed by atoms with van der Waals surface area (Å²) >= 11 is 6.61. The Balaban J connectivity index is 1.93. The average molecular weight is 436 g/mol. The minimum atomic E-state index is -0.961. The van der Waals surface area contributed by atoms with E-state index in [1.807, 2.05) is 18.2 Å². The van der Waals surface area contributed by atoms with E-state index in [2.05, 4.69) is 20.8 Å². The van der Waals surface area contributed by atoms with Crippen LogP contribution in [0.1, 0.15) is 51.2 Å². The van der Waals surface area contributed by atoms with Gasteiger partial charge in [0.05, 0.1) is 25.0 Å². The molecule has 1 aromatic carbocycles. The lowest BCUT2D eigenvalue weighted by molar-refractivity contribution is -0.138. The molecule has 30 heavy (non-hydrogen) atoms. The van der Waals surface area contributed by atoms with E-state index in [1.54, 1.807) is 6.20 Å². The highest BCUT2D eigenvalue weighted by molar-refractivity contribution is 6.31. The number of hydrogen-bond acceptors (Lipinski definition) is 4. The molecule has 2 atom stereocenters. The third kappa shape index (κ3) is 4.71. The highest BCUT2D eigenvalue weighted by Crippen LogP contribution is 2.47. The monoisotopic (exact) mass is 435 g/mol. The number of amides is 1. The van der Waals surface area contributed by atoms with Crippen molar-refractivity contribution < 1.29 is 24.5 Å². The standard InChI is InChI=1S/C23H30ClNO5/c1-22(2,3)8-6-15-4-5-16(10-18(15)24)23-11-20(27)25(9-7-21(28)29)12-17(23)19(13-26)30-14-23/h4-5,10,12,19,26H,6-9,11,13-14H2,1-3H3,(H,28,29)/t19?,23-/m0/s1. The maximum absolute atomic E-state index is 12.8. The molecule has 1 amide bonds. The Morgan fingerprint density at radius 3 is 2.70 bits per heavy atom. The number of nitrogens with zero attached hydrogens (tertiary/aromatic N) is 1. The summed E-state index contributed by atoms with van der Waals surface area (Å²) in [4.78, 5) is 25.2. The van der Waals surface area contributed by atoms with Crippen molar-refractivity contribution in [3.8, 4) is 0 Å². The van der Waals surface area contributed by atoms with Crippen molar-refractivity contribution in [2.75, 3.05) is 19.8 Å². The highest BCUT2D eigenvalue weighted by atomic mass is 35.5. The fourth-order valence-corrected chi connectivity index (χ4v) is 4.42. The molecule has 2 aliphatic rings. The van der Waals surface area contributed by atoms with Crippen LogP contribution >= 0.6 is 11.6 Å². The quantitative estimate of drug-likeness (QED) is 0.684. The molecule has 7 heteroatoms. The van der Waals surface area contributed by atoms with Gasteiger partial charge in [0.1, 0.15) is 6.10 Å². The molecular formula is C23H30ClNO5. The number of halogens is 1.